The minimum absolute atomic E-state index is 0.664. The number of nitrogens with zero attached hydrogens (tertiary/aromatic N) is 1. The Morgan fingerprint density at radius 3 is 2.47 bits per heavy atom. The molecule has 2 aliphatic rings. The van der Waals surface area contributed by atoms with Crippen LogP contribution in [0.2, 0.25) is 0 Å². The zero-order valence-electron chi connectivity index (χ0n) is 9.83. The summed E-state index contributed by atoms with van der Waals surface area (Å²) in [6.45, 7) is 2.36. The van der Waals surface area contributed by atoms with E-state index in [-0.39, 0.29) is 0 Å². The highest BCUT2D eigenvalue weighted by molar-refractivity contribution is 7.80. The van der Waals surface area contributed by atoms with Gasteiger partial charge in [0.15, 0.2) is 5.11 Å². The number of hydrogen-bond acceptors (Lipinski definition) is 1. The molecule has 2 aliphatic carbocycles. The molecule has 2 fully saturated rings. The number of thiocarbonyl (C=S) groups is 1. The predicted molar refractivity (Wildman–Crippen MR) is 67.9 cm³/mol. The largest absolute Gasteiger partial charge is 0.360 e. The SMILES string of the molecule is CC1CCCCC1N(C)C(=S)NC1CC1. The van der Waals surface area contributed by atoms with Crippen molar-refractivity contribution in [1.29, 1.82) is 0 Å². The highest BCUT2D eigenvalue weighted by atomic mass is 32.1. The molecule has 1 N–H and O–H groups in total. The van der Waals surface area contributed by atoms with E-state index in [1.807, 2.05) is 0 Å². The van der Waals surface area contributed by atoms with Crippen molar-refractivity contribution in [3.8, 4) is 0 Å². The maximum absolute atomic E-state index is 5.44. The first kappa shape index (κ1) is 11.2. The Morgan fingerprint density at radius 2 is 1.87 bits per heavy atom. The van der Waals surface area contributed by atoms with Gasteiger partial charge in [0.2, 0.25) is 0 Å². The van der Waals surface area contributed by atoms with Crippen molar-refractivity contribution in [2.24, 2.45) is 5.92 Å². The molecule has 2 unspecified atom stereocenters. The lowest BCUT2D eigenvalue weighted by atomic mass is 9.85. The topological polar surface area (TPSA) is 15.3 Å². The van der Waals surface area contributed by atoms with E-state index in [0.717, 1.165) is 11.0 Å². The van der Waals surface area contributed by atoms with E-state index in [9.17, 15) is 0 Å². The van der Waals surface area contributed by atoms with Crippen molar-refractivity contribution in [3.05, 3.63) is 0 Å². The second-order valence-electron chi connectivity index (χ2n) is 5.16. The Kier molecular flexibility index (Phi) is 3.49. The van der Waals surface area contributed by atoms with Crippen molar-refractivity contribution in [2.45, 2.75) is 57.5 Å². The van der Waals surface area contributed by atoms with Crippen LogP contribution in [-0.2, 0) is 0 Å². The zero-order chi connectivity index (χ0) is 10.8. The minimum Gasteiger partial charge on any atom is -0.360 e. The highest BCUT2D eigenvalue weighted by Crippen LogP contribution is 2.28. The molecule has 2 rings (SSSR count). The first-order valence-electron chi connectivity index (χ1n) is 6.22. The zero-order valence-corrected chi connectivity index (χ0v) is 10.6. The molecule has 0 saturated heterocycles. The van der Waals surface area contributed by atoms with Gasteiger partial charge < -0.3 is 10.2 Å². The number of rotatable bonds is 2. The van der Waals surface area contributed by atoms with Crippen molar-refractivity contribution >= 4 is 17.3 Å². The second kappa shape index (κ2) is 4.69. The van der Waals surface area contributed by atoms with Crippen LogP contribution < -0.4 is 5.32 Å². The molecule has 15 heavy (non-hydrogen) atoms. The monoisotopic (exact) mass is 226 g/mol. The normalized spacial score (nSPS) is 31.1. The molecule has 0 aromatic carbocycles. The third-order valence-corrected chi connectivity index (χ3v) is 4.19. The van der Waals surface area contributed by atoms with E-state index in [1.54, 1.807) is 0 Å². The average Bonchev–Trinajstić information content (AvgIpc) is 3.01. The van der Waals surface area contributed by atoms with Crippen LogP contribution in [0, 0.1) is 5.92 Å². The van der Waals surface area contributed by atoms with Crippen LogP contribution in [0.5, 0.6) is 0 Å². The molecule has 0 bridgehead atoms. The van der Waals surface area contributed by atoms with Crippen LogP contribution in [0.4, 0.5) is 0 Å². The summed E-state index contributed by atoms with van der Waals surface area (Å²) in [4.78, 5) is 2.30. The van der Waals surface area contributed by atoms with E-state index >= 15 is 0 Å². The summed E-state index contributed by atoms with van der Waals surface area (Å²) in [5.74, 6) is 0.794. The van der Waals surface area contributed by atoms with Crippen molar-refractivity contribution in [3.63, 3.8) is 0 Å². The van der Waals surface area contributed by atoms with Crippen LogP contribution in [0.1, 0.15) is 45.4 Å². The van der Waals surface area contributed by atoms with Crippen LogP contribution in [0.3, 0.4) is 0 Å². The molecule has 0 heterocycles. The van der Waals surface area contributed by atoms with E-state index in [1.165, 1.54) is 38.5 Å². The highest BCUT2D eigenvalue weighted by Gasteiger charge is 2.29. The van der Waals surface area contributed by atoms with Crippen LogP contribution in [0.15, 0.2) is 0 Å². The molecule has 0 amide bonds. The summed E-state index contributed by atoms with van der Waals surface area (Å²) in [5.41, 5.74) is 0. The van der Waals surface area contributed by atoms with Gasteiger partial charge in [-0.05, 0) is 43.8 Å². The van der Waals surface area contributed by atoms with Gasteiger partial charge in [-0.3, -0.25) is 0 Å². The summed E-state index contributed by atoms with van der Waals surface area (Å²) in [5, 5.41) is 4.40. The van der Waals surface area contributed by atoms with Crippen LogP contribution in [0.25, 0.3) is 0 Å². The van der Waals surface area contributed by atoms with Gasteiger partial charge in [0.25, 0.3) is 0 Å². The van der Waals surface area contributed by atoms with Gasteiger partial charge in [-0.25, -0.2) is 0 Å². The molecule has 86 valence electrons. The predicted octanol–water partition coefficient (Wildman–Crippen LogP) is 2.53. The lowest BCUT2D eigenvalue weighted by Gasteiger charge is -2.37. The molecule has 0 aromatic rings. The van der Waals surface area contributed by atoms with E-state index in [2.05, 4.69) is 24.2 Å². The Hall–Kier alpha value is -0.310. The number of hydrogen-bond donors (Lipinski definition) is 1. The van der Waals surface area contributed by atoms with Gasteiger partial charge in [-0.1, -0.05) is 19.8 Å². The van der Waals surface area contributed by atoms with Crippen molar-refractivity contribution in [1.82, 2.24) is 10.2 Å². The third kappa shape index (κ3) is 2.83. The second-order valence-corrected chi connectivity index (χ2v) is 5.55. The Morgan fingerprint density at radius 1 is 1.20 bits per heavy atom. The minimum atomic E-state index is 0.664. The van der Waals surface area contributed by atoms with Gasteiger partial charge in [-0.2, -0.15) is 0 Å². The number of nitrogens with one attached hydrogen (secondary N) is 1. The lowest BCUT2D eigenvalue weighted by Crippen LogP contribution is -2.47. The van der Waals surface area contributed by atoms with Gasteiger partial charge in [0.1, 0.15) is 0 Å². The van der Waals surface area contributed by atoms with Gasteiger partial charge in [0.05, 0.1) is 0 Å². The Bertz CT molecular complexity index is 238. The maximum atomic E-state index is 5.44. The van der Waals surface area contributed by atoms with Crippen LogP contribution in [-0.4, -0.2) is 29.1 Å². The molecule has 0 radical (unpaired) electrons. The Balaban J connectivity index is 1.86. The summed E-state index contributed by atoms with van der Waals surface area (Å²) < 4.78 is 0. The fourth-order valence-corrected chi connectivity index (χ4v) is 2.83. The first-order valence-corrected chi connectivity index (χ1v) is 6.62. The van der Waals surface area contributed by atoms with Crippen LogP contribution >= 0.6 is 12.2 Å². The summed E-state index contributed by atoms with van der Waals surface area (Å²) in [6.07, 6.45) is 8.04. The van der Waals surface area contributed by atoms with E-state index < -0.39 is 0 Å². The van der Waals surface area contributed by atoms with E-state index in [0.29, 0.717) is 12.1 Å². The molecule has 0 spiro atoms. The van der Waals surface area contributed by atoms with Gasteiger partial charge in [0, 0.05) is 19.1 Å². The lowest BCUT2D eigenvalue weighted by molar-refractivity contribution is 0.204. The molecule has 2 atom stereocenters. The molecule has 2 nitrogen and oxygen atoms in total. The fourth-order valence-electron chi connectivity index (χ4n) is 2.53. The molecule has 0 aromatic heterocycles. The van der Waals surface area contributed by atoms with Gasteiger partial charge in [-0.15, -0.1) is 0 Å². The summed E-state index contributed by atoms with van der Waals surface area (Å²) >= 11 is 5.44. The molecular formula is C12H22N2S. The maximum Gasteiger partial charge on any atom is 0.169 e. The summed E-state index contributed by atoms with van der Waals surface area (Å²) in [6, 6.07) is 1.34. The third-order valence-electron chi connectivity index (χ3n) is 3.79. The van der Waals surface area contributed by atoms with Crippen molar-refractivity contribution in [2.75, 3.05) is 7.05 Å². The smallest absolute Gasteiger partial charge is 0.169 e. The standard InChI is InChI=1S/C12H22N2S/c1-9-5-3-4-6-11(9)14(2)12(15)13-10-7-8-10/h9-11H,3-8H2,1-2H3,(H,13,15). The molecule has 0 aliphatic heterocycles. The quantitative estimate of drug-likeness (QED) is 0.729. The molecule has 2 saturated carbocycles. The molecular weight excluding hydrogens is 204 g/mol. The molecule has 3 heteroatoms. The Labute approximate surface area is 98.4 Å². The summed E-state index contributed by atoms with van der Waals surface area (Å²) in [7, 11) is 2.16. The average molecular weight is 226 g/mol. The fraction of sp³-hybridized carbons (Fsp3) is 0.917. The first-order chi connectivity index (χ1) is 7.18. The van der Waals surface area contributed by atoms with Gasteiger partial charge >= 0.3 is 0 Å². The van der Waals surface area contributed by atoms with Crippen molar-refractivity contribution < 1.29 is 0 Å². The van der Waals surface area contributed by atoms with E-state index in [4.69, 9.17) is 12.2 Å².